The molecule has 0 aliphatic carbocycles. The summed E-state index contributed by atoms with van der Waals surface area (Å²) in [5.74, 6) is 0.383. The van der Waals surface area contributed by atoms with Crippen molar-refractivity contribution in [3.63, 3.8) is 0 Å². The van der Waals surface area contributed by atoms with Crippen LogP contribution in [0.3, 0.4) is 0 Å². The molecule has 0 saturated heterocycles. The van der Waals surface area contributed by atoms with Crippen LogP contribution in [0.2, 0.25) is 0 Å². The van der Waals surface area contributed by atoms with Crippen LogP contribution in [0.5, 0.6) is 0 Å². The number of esters is 1. The molecule has 0 heterocycles. The Balaban J connectivity index is 3.16. The first-order valence-electron chi connectivity index (χ1n) is 7.97. The summed E-state index contributed by atoms with van der Waals surface area (Å²) < 4.78 is 4.67. The van der Waals surface area contributed by atoms with Crippen molar-refractivity contribution >= 4 is 5.97 Å². The summed E-state index contributed by atoms with van der Waals surface area (Å²) in [6.45, 7) is 2.97. The molecule has 114 valence electrons. The number of unbranched alkanes of at least 4 members (excludes halogenated alkanes) is 8. The number of hydrogen-bond acceptors (Lipinski definition) is 3. The highest BCUT2D eigenvalue weighted by atomic mass is 16.5. The smallest absolute Gasteiger partial charge is 0.305 e. The molecule has 19 heavy (non-hydrogen) atoms. The highest BCUT2D eigenvalue weighted by Gasteiger charge is 2.08. The summed E-state index contributed by atoms with van der Waals surface area (Å²) in [4.78, 5) is 11.1. The van der Waals surface area contributed by atoms with E-state index in [0.29, 0.717) is 12.3 Å². The highest BCUT2D eigenvalue weighted by Crippen LogP contribution is 2.15. The Kier molecular flexibility index (Phi) is 13.4. The largest absolute Gasteiger partial charge is 0.469 e. The molecule has 0 aromatic heterocycles. The average molecular weight is 271 g/mol. The fraction of sp³-hybridized carbons (Fsp3) is 0.938. The summed E-state index contributed by atoms with van der Waals surface area (Å²) in [6, 6.07) is 0. The SMILES string of the molecule is COC(=O)CC(C)CCCCCCCCCCCN. The van der Waals surface area contributed by atoms with E-state index in [-0.39, 0.29) is 5.97 Å². The number of carbonyl (C=O) groups is 1. The van der Waals surface area contributed by atoms with Gasteiger partial charge in [-0.1, -0.05) is 64.7 Å². The lowest BCUT2D eigenvalue weighted by atomic mass is 9.99. The molecule has 0 spiro atoms. The van der Waals surface area contributed by atoms with Crippen LogP contribution in [-0.2, 0) is 9.53 Å². The van der Waals surface area contributed by atoms with E-state index >= 15 is 0 Å². The zero-order valence-electron chi connectivity index (χ0n) is 13.0. The molecule has 0 bridgehead atoms. The van der Waals surface area contributed by atoms with Crippen molar-refractivity contribution in [1.82, 2.24) is 0 Å². The first-order valence-corrected chi connectivity index (χ1v) is 7.97. The van der Waals surface area contributed by atoms with E-state index in [1.807, 2.05) is 0 Å². The third kappa shape index (κ3) is 13.7. The number of methoxy groups -OCH3 is 1. The minimum atomic E-state index is -0.0787. The van der Waals surface area contributed by atoms with E-state index in [1.165, 1.54) is 64.9 Å². The normalized spacial score (nSPS) is 12.4. The fourth-order valence-corrected chi connectivity index (χ4v) is 2.34. The third-order valence-corrected chi connectivity index (χ3v) is 3.64. The molecule has 0 aliphatic rings. The predicted octanol–water partition coefficient (Wildman–Crippen LogP) is 4.05. The van der Waals surface area contributed by atoms with Crippen LogP contribution in [0.4, 0.5) is 0 Å². The molecule has 0 fully saturated rings. The zero-order valence-corrected chi connectivity index (χ0v) is 13.0. The molecular formula is C16H33NO2. The van der Waals surface area contributed by atoms with E-state index in [1.54, 1.807) is 0 Å². The van der Waals surface area contributed by atoms with Gasteiger partial charge in [-0.2, -0.15) is 0 Å². The van der Waals surface area contributed by atoms with Crippen LogP contribution in [0.15, 0.2) is 0 Å². The zero-order chi connectivity index (χ0) is 14.3. The third-order valence-electron chi connectivity index (χ3n) is 3.64. The second-order valence-corrected chi connectivity index (χ2v) is 5.64. The fourth-order valence-electron chi connectivity index (χ4n) is 2.34. The molecule has 1 atom stereocenters. The van der Waals surface area contributed by atoms with Crippen LogP contribution in [-0.4, -0.2) is 19.6 Å². The first kappa shape index (κ1) is 18.4. The Bertz CT molecular complexity index is 207. The molecular weight excluding hydrogens is 238 g/mol. The molecule has 3 heteroatoms. The van der Waals surface area contributed by atoms with Crippen molar-refractivity contribution in [2.75, 3.05) is 13.7 Å². The van der Waals surface area contributed by atoms with Gasteiger partial charge in [-0.05, 0) is 18.9 Å². The quantitative estimate of drug-likeness (QED) is 0.406. The van der Waals surface area contributed by atoms with Gasteiger partial charge in [0.15, 0.2) is 0 Å². The number of rotatable bonds is 13. The molecule has 1 unspecified atom stereocenters. The lowest BCUT2D eigenvalue weighted by molar-refractivity contribution is -0.141. The van der Waals surface area contributed by atoms with Crippen LogP contribution >= 0.6 is 0 Å². The van der Waals surface area contributed by atoms with E-state index < -0.39 is 0 Å². The van der Waals surface area contributed by atoms with Crippen molar-refractivity contribution < 1.29 is 9.53 Å². The van der Waals surface area contributed by atoms with Crippen molar-refractivity contribution in [3.05, 3.63) is 0 Å². The van der Waals surface area contributed by atoms with Gasteiger partial charge in [-0.15, -0.1) is 0 Å². The van der Waals surface area contributed by atoms with Gasteiger partial charge in [0, 0.05) is 6.42 Å². The Morgan fingerprint density at radius 2 is 1.42 bits per heavy atom. The average Bonchev–Trinajstić information content (AvgIpc) is 2.40. The summed E-state index contributed by atoms with van der Waals surface area (Å²) >= 11 is 0. The van der Waals surface area contributed by atoms with Crippen LogP contribution < -0.4 is 5.73 Å². The Hall–Kier alpha value is -0.570. The van der Waals surface area contributed by atoms with Gasteiger partial charge in [0.1, 0.15) is 0 Å². The number of hydrogen-bond donors (Lipinski definition) is 1. The van der Waals surface area contributed by atoms with Gasteiger partial charge >= 0.3 is 5.97 Å². The van der Waals surface area contributed by atoms with Gasteiger partial charge in [-0.25, -0.2) is 0 Å². The molecule has 0 rings (SSSR count). The van der Waals surface area contributed by atoms with Gasteiger partial charge in [0.2, 0.25) is 0 Å². The number of carbonyl (C=O) groups excluding carboxylic acids is 1. The first-order chi connectivity index (χ1) is 9.20. The molecule has 0 radical (unpaired) electrons. The Morgan fingerprint density at radius 3 is 1.89 bits per heavy atom. The number of nitrogens with two attached hydrogens (primary N) is 1. The van der Waals surface area contributed by atoms with Crippen LogP contribution in [0, 0.1) is 5.92 Å². The van der Waals surface area contributed by atoms with E-state index in [9.17, 15) is 4.79 Å². The topological polar surface area (TPSA) is 52.3 Å². The molecule has 0 aliphatic heterocycles. The standard InChI is InChI=1S/C16H33NO2/c1-15(14-16(18)19-2)12-10-8-6-4-3-5-7-9-11-13-17/h15H,3-14,17H2,1-2H3. The molecule has 0 saturated carbocycles. The summed E-state index contributed by atoms with van der Waals surface area (Å²) in [7, 11) is 1.46. The number of ether oxygens (including phenoxy) is 1. The van der Waals surface area contributed by atoms with Crippen molar-refractivity contribution in [2.45, 2.75) is 77.6 Å². The maximum Gasteiger partial charge on any atom is 0.305 e. The summed E-state index contributed by atoms with van der Waals surface area (Å²) in [6.07, 6.45) is 13.5. The lowest BCUT2D eigenvalue weighted by Crippen LogP contribution is -2.06. The Labute approximate surface area is 119 Å². The molecule has 0 aromatic carbocycles. The lowest BCUT2D eigenvalue weighted by Gasteiger charge is -2.09. The monoisotopic (exact) mass is 271 g/mol. The van der Waals surface area contributed by atoms with E-state index in [0.717, 1.165) is 13.0 Å². The predicted molar refractivity (Wildman–Crippen MR) is 81.0 cm³/mol. The van der Waals surface area contributed by atoms with Crippen molar-refractivity contribution in [2.24, 2.45) is 11.7 Å². The second kappa shape index (κ2) is 13.9. The maximum absolute atomic E-state index is 11.1. The maximum atomic E-state index is 11.1. The summed E-state index contributed by atoms with van der Waals surface area (Å²) in [5, 5.41) is 0. The summed E-state index contributed by atoms with van der Waals surface area (Å²) in [5.41, 5.74) is 5.46. The molecule has 0 aromatic rings. The molecule has 3 nitrogen and oxygen atoms in total. The van der Waals surface area contributed by atoms with E-state index in [4.69, 9.17) is 5.73 Å². The van der Waals surface area contributed by atoms with Gasteiger partial charge in [0.05, 0.1) is 7.11 Å². The molecule has 2 N–H and O–H groups in total. The van der Waals surface area contributed by atoms with Crippen molar-refractivity contribution in [3.8, 4) is 0 Å². The van der Waals surface area contributed by atoms with Gasteiger partial charge in [-0.3, -0.25) is 4.79 Å². The Morgan fingerprint density at radius 1 is 0.947 bits per heavy atom. The van der Waals surface area contributed by atoms with Crippen LogP contribution in [0.1, 0.15) is 77.6 Å². The van der Waals surface area contributed by atoms with E-state index in [2.05, 4.69) is 11.7 Å². The van der Waals surface area contributed by atoms with Gasteiger partial charge in [0.25, 0.3) is 0 Å². The minimum absolute atomic E-state index is 0.0787. The minimum Gasteiger partial charge on any atom is -0.469 e. The molecule has 0 amide bonds. The highest BCUT2D eigenvalue weighted by molar-refractivity contribution is 5.69. The van der Waals surface area contributed by atoms with Crippen LogP contribution in [0.25, 0.3) is 0 Å². The second-order valence-electron chi connectivity index (χ2n) is 5.64. The van der Waals surface area contributed by atoms with Gasteiger partial charge < -0.3 is 10.5 Å². The van der Waals surface area contributed by atoms with Crippen molar-refractivity contribution in [1.29, 1.82) is 0 Å².